The van der Waals surface area contributed by atoms with Crippen molar-refractivity contribution >= 4 is 5.82 Å². The fourth-order valence-corrected chi connectivity index (χ4v) is 3.16. The Kier molecular flexibility index (Phi) is 5.10. The molecular weight excluding hydrogens is 280 g/mol. The van der Waals surface area contributed by atoms with Crippen LogP contribution in [-0.4, -0.2) is 66.4 Å². The zero-order valence-electron chi connectivity index (χ0n) is 13.6. The zero-order valence-corrected chi connectivity index (χ0v) is 13.6. The monoisotopic (exact) mass is 306 g/mol. The highest BCUT2D eigenvalue weighted by molar-refractivity contribution is 5.38. The molecule has 0 N–H and O–H groups in total. The van der Waals surface area contributed by atoms with Crippen molar-refractivity contribution in [2.24, 2.45) is 0 Å². The molecule has 22 heavy (non-hydrogen) atoms. The second-order valence-corrected chi connectivity index (χ2v) is 6.25. The van der Waals surface area contributed by atoms with Crippen LogP contribution in [0.4, 0.5) is 5.82 Å². The molecule has 3 heterocycles. The first-order valence-electron chi connectivity index (χ1n) is 8.28. The lowest BCUT2D eigenvalue weighted by Gasteiger charge is -2.40. The number of hydrogen-bond acceptors (Lipinski definition) is 6. The Morgan fingerprint density at radius 3 is 2.55 bits per heavy atom. The zero-order chi connectivity index (χ0) is 15.4. The molecule has 0 saturated carbocycles. The molecule has 2 saturated heterocycles. The molecule has 0 aliphatic carbocycles. The highest BCUT2D eigenvalue weighted by Crippen LogP contribution is 2.20. The van der Waals surface area contributed by atoms with E-state index in [2.05, 4.69) is 19.8 Å². The van der Waals surface area contributed by atoms with Gasteiger partial charge in [-0.2, -0.15) is 4.98 Å². The van der Waals surface area contributed by atoms with Gasteiger partial charge in [-0.25, -0.2) is 0 Å². The summed E-state index contributed by atoms with van der Waals surface area (Å²) in [6.45, 7) is 9.98. The number of nitrogens with zero attached hydrogens (tertiary/aromatic N) is 4. The van der Waals surface area contributed by atoms with E-state index in [0.717, 1.165) is 58.1 Å². The first-order chi connectivity index (χ1) is 10.7. The number of ether oxygens (including phenoxy) is 2. The molecule has 0 atom stereocenters. The molecule has 0 radical (unpaired) electrons. The van der Waals surface area contributed by atoms with Crippen LogP contribution in [0.1, 0.15) is 26.7 Å². The molecule has 0 aromatic carbocycles. The van der Waals surface area contributed by atoms with Crippen LogP contribution in [0.2, 0.25) is 0 Å². The summed E-state index contributed by atoms with van der Waals surface area (Å²) in [7, 11) is 0. The molecule has 0 bridgehead atoms. The fourth-order valence-electron chi connectivity index (χ4n) is 3.16. The summed E-state index contributed by atoms with van der Waals surface area (Å²) in [6.07, 6.45) is 5.96. The van der Waals surface area contributed by atoms with E-state index in [1.165, 1.54) is 0 Å². The predicted molar refractivity (Wildman–Crippen MR) is 85.4 cm³/mol. The molecule has 2 fully saturated rings. The molecule has 0 amide bonds. The minimum atomic E-state index is 0.120. The van der Waals surface area contributed by atoms with Gasteiger partial charge in [-0.1, -0.05) is 0 Å². The number of anilines is 1. The van der Waals surface area contributed by atoms with Crippen LogP contribution in [0.15, 0.2) is 12.4 Å². The molecule has 1 aromatic rings. The summed E-state index contributed by atoms with van der Waals surface area (Å²) in [6, 6.07) is 0.692. The van der Waals surface area contributed by atoms with Crippen molar-refractivity contribution in [1.29, 1.82) is 0 Å². The normalized spacial score (nSPS) is 21.3. The van der Waals surface area contributed by atoms with Crippen LogP contribution in [-0.2, 0) is 4.74 Å². The average Bonchev–Trinajstić information content (AvgIpc) is 2.55. The Bertz CT molecular complexity index is 469. The van der Waals surface area contributed by atoms with Gasteiger partial charge in [0, 0.05) is 45.4 Å². The van der Waals surface area contributed by atoms with Gasteiger partial charge < -0.3 is 14.4 Å². The first-order valence-corrected chi connectivity index (χ1v) is 8.28. The van der Waals surface area contributed by atoms with Gasteiger partial charge in [0.2, 0.25) is 5.88 Å². The Balaban J connectivity index is 1.56. The van der Waals surface area contributed by atoms with Gasteiger partial charge in [0.1, 0.15) is 0 Å². The van der Waals surface area contributed by atoms with Gasteiger partial charge in [0.15, 0.2) is 5.82 Å². The molecule has 0 spiro atoms. The maximum absolute atomic E-state index is 5.64. The highest BCUT2D eigenvalue weighted by atomic mass is 16.5. The lowest BCUT2D eigenvalue weighted by atomic mass is 10.1. The van der Waals surface area contributed by atoms with Crippen molar-refractivity contribution in [3.63, 3.8) is 0 Å². The summed E-state index contributed by atoms with van der Waals surface area (Å²) in [4.78, 5) is 13.7. The molecule has 3 rings (SSSR count). The fraction of sp³-hybridized carbons (Fsp3) is 0.750. The van der Waals surface area contributed by atoms with Gasteiger partial charge in [0.05, 0.1) is 18.5 Å². The summed E-state index contributed by atoms with van der Waals surface area (Å²) in [5, 5.41) is 0. The molecule has 1 aromatic heterocycles. The molecule has 122 valence electrons. The van der Waals surface area contributed by atoms with E-state index in [9.17, 15) is 0 Å². The van der Waals surface area contributed by atoms with Crippen LogP contribution in [0.25, 0.3) is 0 Å². The van der Waals surface area contributed by atoms with Gasteiger partial charge in [-0.05, 0) is 26.7 Å². The number of rotatable bonds is 4. The van der Waals surface area contributed by atoms with E-state index < -0.39 is 0 Å². The van der Waals surface area contributed by atoms with Gasteiger partial charge in [0.25, 0.3) is 0 Å². The minimum Gasteiger partial charge on any atom is -0.474 e. The quantitative estimate of drug-likeness (QED) is 0.841. The van der Waals surface area contributed by atoms with Crippen molar-refractivity contribution in [3.05, 3.63) is 12.4 Å². The third kappa shape index (κ3) is 3.87. The van der Waals surface area contributed by atoms with Crippen molar-refractivity contribution in [2.45, 2.75) is 38.8 Å². The summed E-state index contributed by atoms with van der Waals surface area (Å²) < 4.78 is 11.1. The Morgan fingerprint density at radius 2 is 1.86 bits per heavy atom. The second kappa shape index (κ2) is 7.24. The van der Waals surface area contributed by atoms with Crippen molar-refractivity contribution in [3.8, 4) is 5.88 Å². The summed E-state index contributed by atoms with van der Waals surface area (Å²) >= 11 is 0. The van der Waals surface area contributed by atoms with Gasteiger partial charge in [-0.3, -0.25) is 9.88 Å². The lowest BCUT2D eigenvalue weighted by molar-refractivity contribution is 0.0320. The predicted octanol–water partition coefficient (Wildman–Crippen LogP) is 1.56. The smallest absolute Gasteiger partial charge is 0.234 e. The van der Waals surface area contributed by atoms with Crippen LogP contribution in [0, 0.1) is 0 Å². The lowest BCUT2D eigenvalue weighted by Crippen LogP contribution is -2.51. The van der Waals surface area contributed by atoms with E-state index in [0.29, 0.717) is 11.9 Å². The Hall–Kier alpha value is -1.40. The maximum atomic E-state index is 5.64. The van der Waals surface area contributed by atoms with Crippen molar-refractivity contribution < 1.29 is 9.47 Å². The Morgan fingerprint density at radius 1 is 1.14 bits per heavy atom. The Labute approximate surface area is 132 Å². The number of hydrogen-bond donors (Lipinski definition) is 0. The number of aromatic nitrogens is 2. The van der Waals surface area contributed by atoms with E-state index >= 15 is 0 Å². The molecule has 2 aliphatic rings. The molecule has 0 unspecified atom stereocenters. The van der Waals surface area contributed by atoms with Gasteiger partial charge >= 0.3 is 0 Å². The topological polar surface area (TPSA) is 50.7 Å². The van der Waals surface area contributed by atoms with Crippen LogP contribution < -0.4 is 9.64 Å². The third-order valence-corrected chi connectivity index (χ3v) is 4.30. The molecular formula is C16H26N4O2. The number of piperazine rings is 1. The largest absolute Gasteiger partial charge is 0.474 e. The van der Waals surface area contributed by atoms with Crippen LogP contribution >= 0.6 is 0 Å². The first kappa shape index (κ1) is 15.5. The standard InChI is InChI=1S/C16H26N4O2/c1-13(2)22-16-12-17-11-15(18-16)20-7-5-19(6-8-20)14-3-9-21-10-4-14/h11-14H,3-10H2,1-2H3. The SMILES string of the molecule is CC(C)Oc1cncc(N2CCN(C3CCOCC3)CC2)n1. The summed E-state index contributed by atoms with van der Waals surface area (Å²) in [5.74, 6) is 1.53. The molecule has 2 aliphatic heterocycles. The third-order valence-electron chi connectivity index (χ3n) is 4.30. The van der Waals surface area contributed by atoms with Crippen LogP contribution in [0.5, 0.6) is 5.88 Å². The van der Waals surface area contributed by atoms with Gasteiger partial charge in [-0.15, -0.1) is 0 Å². The van der Waals surface area contributed by atoms with E-state index in [1.54, 1.807) is 6.20 Å². The molecule has 6 nitrogen and oxygen atoms in total. The maximum Gasteiger partial charge on any atom is 0.234 e. The van der Waals surface area contributed by atoms with E-state index in [1.807, 2.05) is 20.0 Å². The minimum absolute atomic E-state index is 0.120. The summed E-state index contributed by atoms with van der Waals surface area (Å²) in [5.41, 5.74) is 0. The second-order valence-electron chi connectivity index (χ2n) is 6.25. The van der Waals surface area contributed by atoms with Crippen molar-refractivity contribution in [1.82, 2.24) is 14.9 Å². The van der Waals surface area contributed by atoms with Crippen molar-refractivity contribution in [2.75, 3.05) is 44.3 Å². The highest BCUT2D eigenvalue weighted by Gasteiger charge is 2.26. The molecule has 6 heteroatoms. The average molecular weight is 306 g/mol. The van der Waals surface area contributed by atoms with E-state index in [4.69, 9.17) is 9.47 Å². The van der Waals surface area contributed by atoms with E-state index in [-0.39, 0.29) is 6.10 Å². The van der Waals surface area contributed by atoms with Crippen LogP contribution in [0.3, 0.4) is 0 Å².